The van der Waals surface area contributed by atoms with Crippen molar-refractivity contribution in [2.24, 2.45) is 0 Å². The highest BCUT2D eigenvalue weighted by Crippen LogP contribution is 1.92. The van der Waals surface area contributed by atoms with Gasteiger partial charge in [-0.1, -0.05) is 0 Å². The first-order valence-corrected chi connectivity index (χ1v) is 3.62. The van der Waals surface area contributed by atoms with Gasteiger partial charge in [-0.25, -0.2) is 10.1 Å². The molecule has 0 saturated carbocycles. The molecule has 1 rings (SSSR count). The van der Waals surface area contributed by atoms with Crippen LogP contribution in [-0.2, 0) is 0 Å². The molecule has 0 atom stereocenters. The topological polar surface area (TPSA) is 53.6 Å². The SMILES string of the molecule is ClCCCNc1ncn[nH]1. The van der Waals surface area contributed by atoms with Crippen LogP contribution in [0.1, 0.15) is 6.42 Å². The van der Waals surface area contributed by atoms with E-state index in [1.807, 2.05) is 0 Å². The van der Waals surface area contributed by atoms with Crippen molar-refractivity contribution in [3.8, 4) is 0 Å². The van der Waals surface area contributed by atoms with Crippen LogP contribution < -0.4 is 5.32 Å². The van der Waals surface area contributed by atoms with Crippen LogP contribution in [0.15, 0.2) is 6.33 Å². The highest BCUT2D eigenvalue weighted by atomic mass is 35.5. The monoisotopic (exact) mass is 160 g/mol. The van der Waals surface area contributed by atoms with Gasteiger partial charge in [0.05, 0.1) is 0 Å². The van der Waals surface area contributed by atoms with Crippen molar-refractivity contribution in [1.29, 1.82) is 0 Å². The average Bonchev–Trinajstić information content (AvgIpc) is 2.41. The third-order valence-electron chi connectivity index (χ3n) is 1.02. The predicted molar refractivity (Wildman–Crippen MR) is 40.2 cm³/mol. The van der Waals surface area contributed by atoms with Crippen LogP contribution in [0.3, 0.4) is 0 Å². The Morgan fingerprint density at radius 3 is 3.20 bits per heavy atom. The Balaban J connectivity index is 2.15. The van der Waals surface area contributed by atoms with E-state index in [9.17, 15) is 0 Å². The van der Waals surface area contributed by atoms with Gasteiger partial charge < -0.3 is 5.32 Å². The normalized spacial score (nSPS) is 9.70. The number of alkyl halides is 1. The number of anilines is 1. The molecule has 1 aromatic rings. The Kier molecular flexibility index (Phi) is 3.02. The number of rotatable bonds is 4. The summed E-state index contributed by atoms with van der Waals surface area (Å²) >= 11 is 5.46. The van der Waals surface area contributed by atoms with Gasteiger partial charge >= 0.3 is 0 Å². The van der Waals surface area contributed by atoms with E-state index in [0.29, 0.717) is 11.8 Å². The molecule has 1 heterocycles. The standard InChI is InChI=1S/C5H9ClN4/c6-2-1-3-7-5-8-4-9-10-5/h4H,1-3H2,(H2,7,8,9,10). The maximum Gasteiger partial charge on any atom is 0.218 e. The molecule has 0 saturated heterocycles. The first-order chi connectivity index (χ1) is 4.93. The highest BCUT2D eigenvalue weighted by Gasteiger charge is 1.90. The van der Waals surface area contributed by atoms with E-state index < -0.39 is 0 Å². The van der Waals surface area contributed by atoms with Crippen molar-refractivity contribution in [3.63, 3.8) is 0 Å². The van der Waals surface area contributed by atoms with Gasteiger partial charge in [0.1, 0.15) is 6.33 Å². The van der Waals surface area contributed by atoms with Crippen LogP contribution in [0.2, 0.25) is 0 Å². The van der Waals surface area contributed by atoms with Crippen LogP contribution >= 0.6 is 11.6 Å². The Hall–Kier alpha value is -0.770. The molecule has 0 aliphatic carbocycles. The average molecular weight is 161 g/mol. The second-order valence-corrected chi connectivity index (χ2v) is 2.18. The molecule has 0 aliphatic rings. The van der Waals surface area contributed by atoms with Crippen LogP contribution in [0.25, 0.3) is 0 Å². The molecule has 2 N–H and O–H groups in total. The Bertz CT molecular complexity index is 162. The smallest absolute Gasteiger partial charge is 0.218 e. The number of hydrogen-bond acceptors (Lipinski definition) is 3. The van der Waals surface area contributed by atoms with Crippen LogP contribution in [-0.4, -0.2) is 27.6 Å². The van der Waals surface area contributed by atoms with Crippen LogP contribution in [0.4, 0.5) is 5.95 Å². The molecule has 0 bridgehead atoms. The molecule has 4 nitrogen and oxygen atoms in total. The summed E-state index contributed by atoms with van der Waals surface area (Å²) in [5.41, 5.74) is 0. The predicted octanol–water partition coefficient (Wildman–Crippen LogP) is 0.845. The summed E-state index contributed by atoms with van der Waals surface area (Å²) < 4.78 is 0. The van der Waals surface area contributed by atoms with Crippen molar-refractivity contribution in [3.05, 3.63) is 6.33 Å². The van der Waals surface area contributed by atoms with Crippen molar-refractivity contribution in [2.75, 3.05) is 17.7 Å². The second kappa shape index (κ2) is 4.11. The fourth-order valence-electron chi connectivity index (χ4n) is 0.564. The van der Waals surface area contributed by atoms with Gasteiger partial charge in [0.25, 0.3) is 0 Å². The van der Waals surface area contributed by atoms with E-state index in [4.69, 9.17) is 11.6 Å². The fraction of sp³-hybridized carbons (Fsp3) is 0.600. The Morgan fingerprint density at radius 2 is 2.60 bits per heavy atom. The largest absolute Gasteiger partial charge is 0.355 e. The summed E-state index contributed by atoms with van der Waals surface area (Å²) in [6, 6.07) is 0. The zero-order valence-electron chi connectivity index (χ0n) is 5.47. The summed E-state index contributed by atoms with van der Waals surface area (Å²) in [4.78, 5) is 3.87. The van der Waals surface area contributed by atoms with E-state index in [1.165, 1.54) is 6.33 Å². The molecule has 0 unspecified atom stereocenters. The highest BCUT2D eigenvalue weighted by molar-refractivity contribution is 6.17. The second-order valence-electron chi connectivity index (χ2n) is 1.80. The molecular formula is C5H9ClN4. The lowest BCUT2D eigenvalue weighted by Gasteiger charge is -1.97. The van der Waals surface area contributed by atoms with Gasteiger partial charge in [-0.05, 0) is 6.42 Å². The van der Waals surface area contributed by atoms with Gasteiger partial charge in [-0.3, -0.25) is 0 Å². The molecule has 0 radical (unpaired) electrons. The number of aromatic amines is 1. The quantitative estimate of drug-likeness (QED) is 0.507. The van der Waals surface area contributed by atoms with Crippen molar-refractivity contribution < 1.29 is 0 Å². The molecule has 1 aromatic heterocycles. The molecule has 56 valence electrons. The lowest BCUT2D eigenvalue weighted by molar-refractivity contribution is 0.960. The van der Waals surface area contributed by atoms with E-state index >= 15 is 0 Å². The summed E-state index contributed by atoms with van der Waals surface area (Å²) in [5, 5.41) is 9.36. The molecule has 0 fully saturated rings. The van der Waals surface area contributed by atoms with Crippen molar-refractivity contribution in [1.82, 2.24) is 15.2 Å². The Morgan fingerprint density at radius 1 is 1.70 bits per heavy atom. The van der Waals surface area contributed by atoms with E-state index in [0.717, 1.165) is 13.0 Å². The summed E-state index contributed by atoms with van der Waals surface area (Å²) in [6.45, 7) is 0.832. The number of H-pyrrole nitrogens is 1. The molecule has 0 amide bonds. The number of nitrogens with one attached hydrogen (secondary N) is 2. The van der Waals surface area contributed by atoms with E-state index in [-0.39, 0.29) is 0 Å². The zero-order valence-corrected chi connectivity index (χ0v) is 6.23. The van der Waals surface area contributed by atoms with Gasteiger partial charge in [-0.2, -0.15) is 5.10 Å². The van der Waals surface area contributed by atoms with Crippen LogP contribution in [0.5, 0.6) is 0 Å². The lowest BCUT2D eigenvalue weighted by atomic mass is 10.5. The number of halogens is 1. The first kappa shape index (κ1) is 7.34. The minimum atomic E-state index is 0.668. The summed E-state index contributed by atoms with van der Waals surface area (Å²) in [5.74, 6) is 1.37. The number of nitrogens with zero attached hydrogens (tertiary/aromatic N) is 2. The third-order valence-corrected chi connectivity index (χ3v) is 1.29. The van der Waals surface area contributed by atoms with Gasteiger partial charge in [0.15, 0.2) is 0 Å². The molecular weight excluding hydrogens is 152 g/mol. The minimum Gasteiger partial charge on any atom is -0.355 e. The van der Waals surface area contributed by atoms with Gasteiger partial charge in [0.2, 0.25) is 5.95 Å². The first-order valence-electron chi connectivity index (χ1n) is 3.08. The number of hydrogen-bond donors (Lipinski definition) is 2. The molecule has 10 heavy (non-hydrogen) atoms. The third kappa shape index (κ3) is 2.23. The minimum absolute atomic E-state index is 0.668. The van der Waals surface area contributed by atoms with Gasteiger partial charge in [0, 0.05) is 12.4 Å². The van der Waals surface area contributed by atoms with Crippen molar-refractivity contribution >= 4 is 17.5 Å². The van der Waals surface area contributed by atoms with Crippen molar-refractivity contribution in [2.45, 2.75) is 6.42 Å². The fourth-order valence-corrected chi connectivity index (χ4v) is 0.698. The molecule has 5 heteroatoms. The maximum atomic E-state index is 5.46. The maximum absolute atomic E-state index is 5.46. The van der Waals surface area contributed by atoms with Gasteiger partial charge in [-0.15, -0.1) is 11.6 Å². The zero-order chi connectivity index (χ0) is 7.23. The molecule has 0 aromatic carbocycles. The van der Waals surface area contributed by atoms with E-state index in [2.05, 4.69) is 20.5 Å². The van der Waals surface area contributed by atoms with E-state index in [1.54, 1.807) is 0 Å². The number of aromatic nitrogens is 3. The summed E-state index contributed by atoms with van der Waals surface area (Å²) in [6.07, 6.45) is 2.39. The lowest BCUT2D eigenvalue weighted by Crippen LogP contribution is -2.03. The summed E-state index contributed by atoms with van der Waals surface area (Å²) in [7, 11) is 0. The Labute approximate surface area is 64.0 Å². The molecule has 0 aliphatic heterocycles. The van der Waals surface area contributed by atoms with Crippen LogP contribution in [0, 0.1) is 0 Å². The molecule has 0 spiro atoms.